The summed E-state index contributed by atoms with van der Waals surface area (Å²) < 4.78 is 4.88. The average molecular weight is 280 g/mol. The van der Waals surface area contributed by atoms with E-state index in [4.69, 9.17) is 16.0 Å². The lowest BCUT2D eigenvalue weighted by Gasteiger charge is -2.10. The van der Waals surface area contributed by atoms with E-state index in [1.165, 1.54) is 12.5 Å². The fourth-order valence-electron chi connectivity index (χ4n) is 1.69. The molecule has 0 radical (unpaired) electrons. The normalized spacial score (nSPS) is 12.1. The third-order valence-corrected chi connectivity index (χ3v) is 3.08. The Bertz CT molecular complexity index is 539. The second kappa shape index (κ2) is 6.41. The van der Waals surface area contributed by atoms with Crippen molar-refractivity contribution in [2.24, 2.45) is 0 Å². The lowest BCUT2D eigenvalue weighted by atomic mass is 10.1. The van der Waals surface area contributed by atoms with Gasteiger partial charge in [0.05, 0.1) is 29.2 Å². The summed E-state index contributed by atoms with van der Waals surface area (Å²) in [6, 6.07) is 8.53. The van der Waals surface area contributed by atoms with Gasteiger partial charge in [0, 0.05) is 12.1 Å². The van der Waals surface area contributed by atoms with Crippen molar-refractivity contribution in [1.82, 2.24) is 5.32 Å². The van der Waals surface area contributed by atoms with E-state index >= 15 is 0 Å². The van der Waals surface area contributed by atoms with Crippen molar-refractivity contribution >= 4 is 17.5 Å². The first-order valence-electron chi connectivity index (χ1n) is 5.91. The molecule has 0 saturated carbocycles. The zero-order valence-electron chi connectivity index (χ0n) is 10.2. The SMILES string of the molecule is O=C(NCC[C@H](O)c1ccoc1)c1ccccc1Cl. The maximum Gasteiger partial charge on any atom is 0.252 e. The van der Waals surface area contributed by atoms with Gasteiger partial charge in [0.2, 0.25) is 0 Å². The standard InChI is InChI=1S/C14H14ClNO3/c15-12-4-2-1-3-11(12)14(18)16-7-5-13(17)10-6-8-19-9-10/h1-4,6,8-9,13,17H,5,7H2,(H,16,18)/t13-/m0/s1. The number of amides is 1. The Hall–Kier alpha value is -1.78. The molecule has 0 aliphatic carbocycles. The van der Waals surface area contributed by atoms with Gasteiger partial charge in [0.1, 0.15) is 0 Å². The molecule has 2 rings (SSSR count). The molecule has 0 saturated heterocycles. The number of carbonyl (C=O) groups is 1. The van der Waals surface area contributed by atoms with Crippen LogP contribution in [-0.4, -0.2) is 17.6 Å². The van der Waals surface area contributed by atoms with Gasteiger partial charge in [-0.25, -0.2) is 0 Å². The molecule has 19 heavy (non-hydrogen) atoms. The molecule has 2 aromatic rings. The van der Waals surface area contributed by atoms with Crippen LogP contribution in [-0.2, 0) is 0 Å². The van der Waals surface area contributed by atoms with E-state index in [9.17, 15) is 9.90 Å². The highest BCUT2D eigenvalue weighted by molar-refractivity contribution is 6.33. The molecule has 2 N–H and O–H groups in total. The number of hydrogen-bond donors (Lipinski definition) is 2. The first-order valence-corrected chi connectivity index (χ1v) is 6.29. The summed E-state index contributed by atoms with van der Waals surface area (Å²) in [5.41, 5.74) is 1.13. The van der Waals surface area contributed by atoms with E-state index in [-0.39, 0.29) is 5.91 Å². The van der Waals surface area contributed by atoms with E-state index in [1.807, 2.05) is 0 Å². The van der Waals surface area contributed by atoms with Crippen molar-refractivity contribution in [1.29, 1.82) is 0 Å². The van der Waals surface area contributed by atoms with Crippen molar-refractivity contribution in [2.75, 3.05) is 6.54 Å². The summed E-state index contributed by atoms with van der Waals surface area (Å²) in [6.45, 7) is 0.358. The number of benzene rings is 1. The second-order valence-electron chi connectivity index (χ2n) is 4.10. The number of aliphatic hydroxyl groups excluding tert-OH is 1. The number of aliphatic hydroxyl groups is 1. The lowest BCUT2D eigenvalue weighted by molar-refractivity contribution is 0.0942. The molecule has 1 atom stereocenters. The summed E-state index contributed by atoms with van der Waals surface area (Å²) in [6.07, 6.45) is 2.75. The molecule has 1 aromatic carbocycles. The van der Waals surface area contributed by atoms with E-state index < -0.39 is 6.10 Å². The summed E-state index contributed by atoms with van der Waals surface area (Å²) >= 11 is 5.92. The molecule has 0 unspecified atom stereocenters. The molecule has 0 aliphatic rings. The van der Waals surface area contributed by atoms with Crippen molar-refractivity contribution < 1.29 is 14.3 Å². The average Bonchev–Trinajstić information content (AvgIpc) is 2.93. The van der Waals surface area contributed by atoms with Crippen molar-refractivity contribution in [3.8, 4) is 0 Å². The Morgan fingerprint density at radius 3 is 2.84 bits per heavy atom. The topological polar surface area (TPSA) is 62.5 Å². The molecule has 4 nitrogen and oxygen atoms in total. The summed E-state index contributed by atoms with van der Waals surface area (Å²) in [4.78, 5) is 11.8. The number of halogens is 1. The zero-order valence-corrected chi connectivity index (χ0v) is 10.9. The minimum absolute atomic E-state index is 0.245. The fourth-order valence-corrected chi connectivity index (χ4v) is 1.92. The van der Waals surface area contributed by atoms with Gasteiger partial charge in [-0.15, -0.1) is 0 Å². The van der Waals surface area contributed by atoms with Gasteiger partial charge in [-0.3, -0.25) is 4.79 Å². The maximum atomic E-state index is 11.8. The van der Waals surface area contributed by atoms with Crippen molar-refractivity contribution in [2.45, 2.75) is 12.5 Å². The molecule has 100 valence electrons. The fraction of sp³-hybridized carbons (Fsp3) is 0.214. The Labute approximate surface area is 116 Å². The van der Waals surface area contributed by atoms with Gasteiger partial charge >= 0.3 is 0 Å². The molecular formula is C14H14ClNO3. The smallest absolute Gasteiger partial charge is 0.252 e. The molecule has 1 amide bonds. The minimum Gasteiger partial charge on any atom is -0.472 e. The van der Waals surface area contributed by atoms with Gasteiger partial charge < -0.3 is 14.8 Å². The number of rotatable bonds is 5. The predicted molar refractivity (Wildman–Crippen MR) is 72.1 cm³/mol. The highest BCUT2D eigenvalue weighted by Crippen LogP contribution is 2.17. The van der Waals surface area contributed by atoms with Crippen LogP contribution < -0.4 is 5.32 Å². The van der Waals surface area contributed by atoms with Crippen LogP contribution in [0.2, 0.25) is 5.02 Å². The third-order valence-electron chi connectivity index (χ3n) is 2.75. The van der Waals surface area contributed by atoms with E-state index in [2.05, 4.69) is 5.32 Å². The molecule has 0 aliphatic heterocycles. The Kier molecular flexibility index (Phi) is 4.60. The Morgan fingerprint density at radius 2 is 2.16 bits per heavy atom. The van der Waals surface area contributed by atoms with Crippen LogP contribution in [0.1, 0.15) is 28.4 Å². The maximum absolute atomic E-state index is 11.8. The van der Waals surface area contributed by atoms with Gasteiger partial charge in [0.15, 0.2) is 0 Å². The molecule has 0 spiro atoms. The summed E-state index contributed by atoms with van der Waals surface area (Å²) in [5.74, 6) is -0.245. The lowest BCUT2D eigenvalue weighted by Crippen LogP contribution is -2.25. The second-order valence-corrected chi connectivity index (χ2v) is 4.50. The minimum atomic E-state index is -0.648. The highest BCUT2D eigenvalue weighted by atomic mass is 35.5. The van der Waals surface area contributed by atoms with E-state index in [0.29, 0.717) is 29.1 Å². The predicted octanol–water partition coefficient (Wildman–Crippen LogP) is 2.79. The third kappa shape index (κ3) is 3.59. The van der Waals surface area contributed by atoms with Gasteiger partial charge in [-0.1, -0.05) is 23.7 Å². The quantitative estimate of drug-likeness (QED) is 0.885. The number of carbonyl (C=O) groups excluding carboxylic acids is 1. The first kappa shape index (κ1) is 13.6. The largest absolute Gasteiger partial charge is 0.472 e. The molecule has 1 aromatic heterocycles. The summed E-state index contributed by atoms with van der Waals surface area (Å²) in [7, 11) is 0. The van der Waals surface area contributed by atoms with Gasteiger partial charge in [-0.2, -0.15) is 0 Å². The highest BCUT2D eigenvalue weighted by Gasteiger charge is 2.11. The molecule has 1 heterocycles. The molecule has 0 bridgehead atoms. The van der Waals surface area contributed by atoms with Crippen molar-refractivity contribution in [3.63, 3.8) is 0 Å². The monoisotopic (exact) mass is 279 g/mol. The van der Waals surface area contributed by atoms with Crippen LogP contribution in [0.5, 0.6) is 0 Å². The number of furan rings is 1. The molecular weight excluding hydrogens is 266 g/mol. The van der Waals surface area contributed by atoms with E-state index in [0.717, 1.165) is 0 Å². The van der Waals surface area contributed by atoms with Crippen LogP contribution >= 0.6 is 11.6 Å². The summed E-state index contributed by atoms with van der Waals surface area (Å²) in [5, 5.41) is 12.9. The van der Waals surface area contributed by atoms with Crippen LogP contribution in [0.3, 0.4) is 0 Å². The first-order chi connectivity index (χ1) is 9.18. The van der Waals surface area contributed by atoms with E-state index in [1.54, 1.807) is 30.3 Å². The Morgan fingerprint density at radius 1 is 1.37 bits per heavy atom. The Balaban J connectivity index is 1.83. The van der Waals surface area contributed by atoms with Crippen molar-refractivity contribution in [3.05, 3.63) is 59.0 Å². The van der Waals surface area contributed by atoms with Crippen LogP contribution in [0.4, 0.5) is 0 Å². The number of nitrogens with one attached hydrogen (secondary N) is 1. The van der Waals surface area contributed by atoms with Gasteiger partial charge in [0.25, 0.3) is 5.91 Å². The molecule has 0 fully saturated rings. The number of hydrogen-bond acceptors (Lipinski definition) is 3. The van der Waals surface area contributed by atoms with Gasteiger partial charge in [-0.05, 0) is 24.6 Å². The van der Waals surface area contributed by atoms with Crippen LogP contribution in [0, 0.1) is 0 Å². The molecule has 5 heteroatoms. The van der Waals surface area contributed by atoms with Crippen LogP contribution in [0.25, 0.3) is 0 Å². The zero-order chi connectivity index (χ0) is 13.7. The van der Waals surface area contributed by atoms with Crippen LogP contribution in [0.15, 0.2) is 47.3 Å².